The van der Waals surface area contributed by atoms with Crippen molar-refractivity contribution in [2.24, 2.45) is 11.8 Å². The fraction of sp³-hybridized carbons (Fsp3) is 1.00. The van der Waals surface area contributed by atoms with Crippen LogP contribution in [-0.4, -0.2) is 56.5 Å². The number of rotatable bonds is 5. The summed E-state index contributed by atoms with van der Waals surface area (Å²) in [4.78, 5) is 2.47. The maximum atomic E-state index is 11.4. The summed E-state index contributed by atoms with van der Waals surface area (Å²) < 4.78 is 22.9. The summed E-state index contributed by atoms with van der Waals surface area (Å²) in [5, 5.41) is 3.76. The molecular formula is C14H26N2O2S. The number of nitrogens with zero attached hydrogens (tertiary/aromatic N) is 1. The van der Waals surface area contributed by atoms with Gasteiger partial charge in [-0.3, -0.25) is 4.90 Å². The molecule has 0 aromatic carbocycles. The molecule has 110 valence electrons. The Morgan fingerprint density at radius 2 is 1.95 bits per heavy atom. The van der Waals surface area contributed by atoms with Gasteiger partial charge in [0.1, 0.15) is 9.84 Å². The molecule has 0 amide bonds. The Morgan fingerprint density at radius 3 is 2.47 bits per heavy atom. The van der Waals surface area contributed by atoms with Crippen LogP contribution in [0.3, 0.4) is 0 Å². The van der Waals surface area contributed by atoms with Crippen LogP contribution in [0, 0.1) is 11.8 Å². The smallest absolute Gasteiger partial charge is 0.148 e. The number of hydrogen-bond donors (Lipinski definition) is 1. The van der Waals surface area contributed by atoms with Crippen molar-refractivity contribution in [1.29, 1.82) is 0 Å². The third kappa shape index (κ3) is 3.31. The number of piperazine rings is 1. The standard InChI is InChI=1S/C14H26N2O2S/c1-14(12-5-6-12)10-16(7-8-19(2,17)18)13(9-15-14)11-3-4-11/h11-13,15H,3-10H2,1-2H3. The average molecular weight is 286 g/mol. The van der Waals surface area contributed by atoms with E-state index in [0.717, 1.165) is 24.9 Å². The molecule has 5 heteroatoms. The van der Waals surface area contributed by atoms with E-state index in [1.165, 1.54) is 31.9 Å². The van der Waals surface area contributed by atoms with E-state index in [1.807, 2.05) is 0 Å². The number of sulfone groups is 1. The summed E-state index contributed by atoms with van der Waals surface area (Å²) in [5.74, 6) is 1.90. The molecule has 1 heterocycles. The molecule has 0 radical (unpaired) electrons. The molecule has 3 fully saturated rings. The topological polar surface area (TPSA) is 49.4 Å². The molecule has 3 rings (SSSR count). The predicted octanol–water partition coefficient (Wildman–Crippen LogP) is 0.884. The molecule has 2 unspecified atom stereocenters. The molecule has 1 saturated heterocycles. The summed E-state index contributed by atoms with van der Waals surface area (Å²) >= 11 is 0. The highest BCUT2D eigenvalue weighted by molar-refractivity contribution is 7.90. The number of hydrogen-bond acceptors (Lipinski definition) is 4. The third-order valence-corrected chi connectivity index (χ3v) is 6.03. The van der Waals surface area contributed by atoms with Crippen LogP contribution in [-0.2, 0) is 9.84 Å². The van der Waals surface area contributed by atoms with Crippen LogP contribution in [0.4, 0.5) is 0 Å². The minimum Gasteiger partial charge on any atom is -0.308 e. The first-order valence-corrected chi connectivity index (χ1v) is 9.60. The zero-order chi connectivity index (χ0) is 13.7. The molecule has 2 atom stereocenters. The molecule has 4 nitrogen and oxygen atoms in total. The molecule has 0 aromatic heterocycles. The van der Waals surface area contributed by atoms with E-state index >= 15 is 0 Å². The highest BCUT2D eigenvalue weighted by Crippen LogP contribution is 2.44. The van der Waals surface area contributed by atoms with Crippen LogP contribution in [0.1, 0.15) is 32.6 Å². The largest absolute Gasteiger partial charge is 0.308 e. The normalized spacial score (nSPS) is 37.5. The van der Waals surface area contributed by atoms with Gasteiger partial charge in [-0.15, -0.1) is 0 Å². The van der Waals surface area contributed by atoms with E-state index in [1.54, 1.807) is 0 Å². The maximum Gasteiger partial charge on any atom is 0.148 e. The lowest BCUT2D eigenvalue weighted by molar-refractivity contribution is 0.0695. The van der Waals surface area contributed by atoms with Gasteiger partial charge < -0.3 is 5.32 Å². The van der Waals surface area contributed by atoms with Gasteiger partial charge >= 0.3 is 0 Å². The molecule has 3 aliphatic rings. The Balaban J connectivity index is 1.67. The molecule has 2 saturated carbocycles. The summed E-state index contributed by atoms with van der Waals surface area (Å²) in [5.41, 5.74) is 0.211. The molecule has 0 bridgehead atoms. The van der Waals surface area contributed by atoms with Crippen LogP contribution >= 0.6 is 0 Å². The van der Waals surface area contributed by atoms with E-state index in [2.05, 4.69) is 17.1 Å². The zero-order valence-corrected chi connectivity index (χ0v) is 12.9. The predicted molar refractivity (Wildman–Crippen MR) is 76.9 cm³/mol. The van der Waals surface area contributed by atoms with Crippen LogP contribution in [0.5, 0.6) is 0 Å². The van der Waals surface area contributed by atoms with E-state index in [0.29, 0.717) is 18.3 Å². The monoisotopic (exact) mass is 286 g/mol. The minimum atomic E-state index is -2.86. The lowest BCUT2D eigenvalue weighted by atomic mass is 9.90. The zero-order valence-electron chi connectivity index (χ0n) is 12.1. The van der Waals surface area contributed by atoms with E-state index in [9.17, 15) is 8.42 Å². The van der Waals surface area contributed by atoms with Gasteiger partial charge in [-0.05, 0) is 44.4 Å². The highest BCUT2D eigenvalue weighted by atomic mass is 32.2. The van der Waals surface area contributed by atoms with E-state index < -0.39 is 9.84 Å². The Morgan fingerprint density at radius 1 is 1.26 bits per heavy atom. The average Bonchev–Trinajstić information content (AvgIpc) is 3.15. The van der Waals surface area contributed by atoms with Gasteiger partial charge in [0.15, 0.2) is 0 Å². The summed E-state index contributed by atoms with van der Waals surface area (Å²) in [7, 11) is -2.86. The van der Waals surface area contributed by atoms with Crippen LogP contribution in [0.15, 0.2) is 0 Å². The SMILES string of the molecule is CC1(C2CC2)CN(CCS(C)(=O)=O)C(C2CC2)CN1. The van der Waals surface area contributed by atoms with Gasteiger partial charge in [-0.25, -0.2) is 8.42 Å². The van der Waals surface area contributed by atoms with Gasteiger partial charge in [0.2, 0.25) is 0 Å². The molecule has 0 spiro atoms. The van der Waals surface area contributed by atoms with Crippen molar-refractivity contribution >= 4 is 9.84 Å². The molecule has 1 N–H and O–H groups in total. The fourth-order valence-electron chi connectivity index (χ4n) is 3.53. The van der Waals surface area contributed by atoms with Gasteiger partial charge in [0.25, 0.3) is 0 Å². The van der Waals surface area contributed by atoms with E-state index in [4.69, 9.17) is 0 Å². The fourth-order valence-corrected chi connectivity index (χ4v) is 4.10. The molecule has 0 aromatic rings. The van der Waals surface area contributed by atoms with Gasteiger partial charge in [0, 0.05) is 37.5 Å². The minimum absolute atomic E-state index is 0.211. The Hall–Kier alpha value is -0.130. The summed E-state index contributed by atoms with van der Waals surface area (Å²) in [6, 6.07) is 0.563. The van der Waals surface area contributed by atoms with E-state index in [-0.39, 0.29) is 5.54 Å². The van der Waals surface area contributed by atoms with Gasteiger partial charge in [-0.1, -0.05) is 0 Å². The molecule has 1 aliphatic heterocycles. The Bertz CT molecular complexity index is 442. The summed E-state index contributed by atoms with van der Waals surface area (Å²) in [6.45, 7) is 5.10. The van der Waals surface area contributed by atoms with Crippen molar-refractivity contribution in [3.63, 3.8) is 0 Å². The summed E-state index contributed by atoms with van der Waals surface area (Å²) in [6.07, 6.45) is 6.65. The second-order valence-corrected chi connectivity index (χ2v) is 9.34. The quantitative estimate of drug-likeness (QED) is 0.815. The van der Waals surface area contributed by atoms with Crippen LogP contribution in [0.2, 0.25) is 0 Å². The van der Waals surface area contributed by atoms with Crippen molar-refractivity contribution in [2.75, 3.05) is 31.6 Å². The third-order valence-electron chi connectivity index (χ3n) is 5.11. The van der Waals surface area contributed by atoms with Crippen LogP contribution < -0.4 is 5.32 Å². The van der Waals surface area contributed by atoms with Crippen molar-refractivity contribution < 1.29 is 8.42 Å². The first-order chi connectivity index (χ1) is 8.87. The molecular weight excluding hydrogens is 260 g/mol. The first-order valence-electron chi connectivity index (χ1n) is 7.54. The van der Waals surface area contributed by atoms with Crippen molar-refractivity contribution in [1.82, 2.24) is 10.2 Å². The van der Waals surface area contributed by atoms with Crippen molar-refractivity contribution in [2.45, 2.75) is 44.2 Å². The van der Waals surface area contributed by atoms with Crippen LogP contribution in [0.25, 0.3) is 0 Å². The van der Waals surface area contributed by atoms with Crippen molar-refractivity contribution in [3.8, 4) is 0 Å². The van der Waals surface area contributed by atoms with Gasteiger partial charge in [0.05, 0.1) is 5.75 Å². The first kappa shape index (κ1) is 13.8. The lowest BCUT2D eigenvalue weighted by Crippen LogP contribution is -2.65. The van der Waals surface area contributed by atoms with Gasteiger partial charge in [-0.2, -0.15) is 0 Å². The Kier molecular flexibility index (Phi) is 3.43. The highest BCUT2D eigenvalue weighted by Gasteiger charge is 2.48. The number of nitrogens with one attached hydrogen (secondary N) is 1. The second-order valence-electron chi connectivity index (χ2n) is 7.08. The Labute approximate surface area is 116 Å². The second kappa shape index (κ2) is 4.71. The van der Waals surface area contributed by atoms with Crippen molar-refractivity contribution in [3.05, 3.63) is 0 Å². The lowest BCUT2D eigenvalue weighted by Gasteiger charge is -2.47. The maximum absolute atomic E-state index is 11.4. The molecule has 2 aliphatic carbocycles. The molecule has 19 heavy (non-hydrogen) atoms.